The van der Waals surface area contributed by atoms with Crippen LogP contribution in [0.25, 0.3) is 0 Å². The second kappa shape index (κ2) is 5.23. The van der Waals surface area contributed by atoms with Gasteiger partial charge in [0.05, 0.1) is 13.2 Å². The Morgan fingerprint density at radius 3 is 3.14 bits per heavy atom. The number of carbonyl (C=O) groups is 1. The van der Waals surface area contributed by atoms with Crippen LogP contribution in [0.4, 0.5) is 0 Å². The molecule has 0 saturated heterocycles. The SMILES string of the molecule is COc1cc(C(=O)NCCCO)on1. The van der Waals surface area contributed by atoms with Crippen LogP contribution < -0.4 is 10.1 Å². The molecule has 0 aliphatic carbocycles. The fourth-order valence-corrected chi connectivity index (χ4v) is 0.830. The second-order valence-electron chi connectivity index (χ2n) is 2.57. The summed E-state index contributed by atoms with van der Waals surface area (Å²) in [7, 11) is 1.44. The number of amides is 1. The Hall–Kier alpha value is -1.56. The molecule has 0 bridgehead atoms. The summed E-state index contributed by atoms with van der Waals surface area (Å²) in [6, 6.07) is 1.40. The fraction of sp³-hybridized carbons (Fsp3) is 0.500. The highest BCUT2D eigenvalue weighted by atomic mass is 16.5. The first-order chi connectivity index (χ1) is 6.77. The number of rotatable bonds is 5. The molecular formula is C8H12N2O4. The van der Waals surface area contributed by atoms with Crippen molar-refractivity contribution in [3.63, 3.8) is 0 Å². The molecule has 0 unspecified atom stereocenters. The molecule has 1 aromatic heterocycles. The number of hydrogen-bond donors (Lipinski definition) is 2. The summed E-state index contributed by atoms with van der Waals surface area (Å²) < 4.78 is 9.44. The molecule has 78 valence electrons. The van der Waals surface area contributed by atoms with Crippen LogP contribution in [0.1, 0.15) is 17.0 Å². The van der Waals surface area contributed by atoms with Gasteiger partial charge in [0.2, 0.25) is 5.76 Å². The maximum atomic E-state index is 11.3. The molecule has 6 nitrogen and oxygen atoms in total. The number of aliphatic hydroxyl groups is 1. The summed E-state index contributed by atoms with van der Waals surface area (Å²) in [6.45, 7) is 0.443. The molecule has 2 N–H and O–H groups in total. The molecule has 0 spiro atoms. The lowest BCUT2D eigenvalue weighted by Crippen LogP contribution is -2.24. The monoisotopic (exact) mass is 200 g/mol. The number of aromatic nitrogens is 1. The van der Waals surface area contributed by atoms with E-state index in [9.17, 15) is 4.79 Å². The Bertz CT molecular complexity index is 297. The average Bonchev–Trinajstić information content (AvgIpc) is 2.66. The summed E-state index contributed by atoms with van der Waals surface area (Å²) in [5, 5.41) is 14.5. The molecule has 0 aliphatic rings. The van der Waals surface area contributed by atoms with Crippen LogP contribution in [-0.4, -0.2) is 36.4 Å². The third-order valence-electron chi connectivity index (χ3n) is 1.54. The Kier molecular flexibility index (Phi) is 3.93. The molecule has 6 heteroatoms. The van der Waals surface area contributed by atoms with Gasteiger partial charge in [0.1, 0.15) is 0 Å². The van der Waals surface area contributed by atoms with E-state index in [2.05, 4.69) is 10.5 Å². The molecule has 14 heavy (non-hydrogen) atoms. The van der Waals surface area contributed by atoms with Crippen molar-refractivity contribution in [3.05, 3.63) is 11.8 Å². The molecule has 1 rings (SSSR count). The molecule has 0 aliphatic heterocycles. The van der Waals surface area contributed by atoms with Gasteiger partial charge >= 0.3 is 0 Å². The summed E-state index contributed by atoms with van der Waals surface area (Å²) in [6.07, 6.45) is 0.511. The third-order valence-corrected chi connectivity index (χ3v) is 1.54. The summed E-state index contributed by atoms with van der Waals surface area (Å²) in [5.74, 6) is -0.00801. The molecule has 0 saturated carbocycles. The van der Waals surface area contributed by atoms with E-state index in [0.29, 0.717) is 13.0 Å². The zero-order valence-corrected chi connectivity index (χ0v) is 7.82. The van der Waals surface area contributed by atoms with Crippen molar-refractivity contribution in [3.8, 4) is 5.88 Å². The maximum absolute atomic E-state index is 11.3. The zero-order chi connectivity index (χ0) is 10.4. The van der Waals surface area contributed by atoms with Crippen LogP contribution >= 0.6 is 0 Å². The lowest BCUT2D eigenvalue weighted by Gasteiger charge is -1.98. The normalized spacial score (nSPS) is 9.86. The van der Waals surface area contributed by atoms with Gasteiger partial charge in [-0.05, 0) is 11.6 Å². The standard InChI is InChI=1S/C8H12N2O4/c1-13-7-5-6(14-10-7)8(12)9-3-2-4-11/h5,11H,2-4H2,1H3,(H,9,12). The summed E-state index contributed by atoms with van der Waals surface area (Å²) in [5.41, 5.74) is 0. The average molecular weight is 200 g/mol. The Morgan fingerprint density at radius 1 is 1.79 bits per heavy atom. The Morgan fingerprint density at radius 2 is 2.57 bits per heavy atom. The van der Waals surface area contributed by atoms with Crippen molar-refractivity contribution >= 4 is 5.91 Å². The number of ether oxygens (including phenoxy) is 1. The Labute approximate surface area is 80.8 Å². The van der Waals surface area contributed by atoms with Gasteiger partial charge < -0.3 is 19.7 Å². The minimum atomic E-state index is -0.366. The number of aliphatic hydroxyl groups excluding tert-OH is 1. The van der Waals surface area contributed by atoms with Crippen LogP contribution in [0.2, 0.25) is 0 Å². The predicted molar refractivity (Wildman–Crippen MR) is 47.1 cm³/mol. The van der Waals surface area contributed by atoms with Crippen molar-refractivity contribution < 1.29 is 19.2 Å². The highest BCUT2D eigenvalue weighted by Crippen LogP contribution is 2.09. The third kappa shape index (κ3) is 2.74. The van der Waals surface area contributed by atoms with E-state index in [0.717, 1.165) is 0 Å². The van der Waals surface area contributed by atoms with Gasteiger partial charge in [-0.2, -0.15) is 0 Å². The minimum absolute atomic E-state index is 0.0417. The summed E-state index contributed by atoms with van der Waals surface area (Å²) in [4.78, 5) is 11.3. The zero-order valence-electron chi connectivity index (χ0n) is 7.82. The van der Waals surface area contributed by atoms with Gasteiger partial charge in [0, 0.05) is 13.2 Å². The maximum Gasteiger partial charge on any atom is 0.290 e. The molecule has 1 heterocycles. The molecule has 1 amide bonds. The van der Waals surface area contributed by atoms with E-state index < -0.39 is 0 Å². The topological polar surface area (TPSA) is 84.6 Å². The van der Waals surface area contributed by atoms with E-state index in [4.69, 9.17) is 14.4 Å². The van der Waals surface area contributed by atoms with Crippen molar-refractivity contribution in [1.82, 2.24) is 10.5 Å². The lowest BCUT2D eigenvalue weighted by molar-refractivity contribution is 0.0914. The molecule has 0 fully saturated rings. The lowest BCUT2D eigenvalue weighted by atomic mass is 10.4. The number of carbonyl (C=O) groups excluding carboxylic acids is 1. The quantitative estimate of drug-likeness (QED) is 0.643. The van der Waals surface area contributed by atoms with E-state index in [1.807, 2.05) is 0 Å². The molecule has 0 aromatic carbocycles. The van der Waals surface area contributed by atoms with Crippen LogP contribution in [-0.2, 0) is 0 Å². The van der Waals surface area contributed by atoms with Crippen LogP contribution in [0.5, 0.6) is 5.88 Å². The van der Waals surface area contributed by atoms with Crippen LogP contribution in [0.3, 0.4) is 0 Å². The van der Waals surface area contributed by atoms with Crippen LogP contribution in [0.15, 0.2) is 10.6 Å². The van der Waals surface area contributed by atoms with Crippen molar-refractivity contribution in [1.29, 1.82) is 0 Å². The second-order valence-corrected chi connectivity index (χ2v) is 2.57. The fourth-order valence-electron chi connectivity index (χ4n) is 0.830. The van der Waals surface area contributed by atoms with Crippen molar-refractivity contribution in [2.24, 2.45) is 0 Å². The largest absolute Gasteiger partial charge is 0.479 e. The smallest absolute Gasteiger partial charge is 0.290 e. The van der Waals surface area contributed by atoms with Gasteiger partial charge in [-0.3, -0.25) is 4.79 Å². The number of nitrogens with one attached hydrogen (secondary N) is 1. The van der Waals surface area contributed by atoms with Gasteiger partial charge in [-0.15, -0.1) is 0 Å². The first-order valence-corrected chi connectivity index (χ1v) is 4.17. The first-order valence-electron chi connectivity index (χ1n) is 4.17. The van der Waals surface area contributed by atoms with Crippen molar-refractivity contribution in [2.75, 3.05) is 20.3 Å². The van der Waals surface area contributed by atoms with Gasteiger partial charge in [-0.1, -0.05) is 0 Å². The van der Waals surface area contributed by atoms with E-state index in [1.165, 1.54) is 13.2 Å². The van der Waals surface area contributed by atoms with Gasteiger partial charge in [0.25, 0.3) is 11.8 Å². The molecule has 0 atom stereocenters. The minimum Gasteiger partial charge on any atom is -0.479 e. The highest BCUT2D eigenvalue weighted by molar-refractivity contribution is 5.91. The summed E-state index contributed by atoms with van der Waals surface area (Å²) >= 11 is 0. The molecular weight excluding hydrogens is 188 g/mol. The highest BCUT2D eigenvalue weighted by Gasteiger charge is 2.11. The molecule has 1 aromatic rings. The number of nitrogens with zero attached hydrogens (tertiary/aromatic N) is 1. The van der Waals surface area contributed by atoms with Crippen LogP contribution in [0, 0.1) is 0 Å². The van der Waals surface area contributed by atoms with E-state index in [1.54, 1.807) is 0 Å². The molecule has 0 radical (unpaired) electrons. The predicted octanol–water partition coefficient (Wildman–Crippen LogP) is -0.205. The van der Waals surface area contributed by atoms with Gasteiger partial charge in [-0.25, -0.2) is 0 Å². The van der Waals surface area contributed by atoms with Crippen molar-refractivity contribution in [2.45, 2.75) is 6.42 Å². The van der Waals surface area contributed by atoms with Gasteiger partial charge in [0.15, 0.2) is 0 Å². The number of hydrogen-bond acceptors (Lipinski definition) is 5. The first kappa shape index (κ1) is 10.5. The van der Waals surface area contributed by atoms with E-state index in [-0.39, 0.29) is 24.2 Å². The van der Waals surface area contributed by atoms with E-state index >= 15 is 0 Å². The number of methoxy groups -OCH3 is 1. The Balaban J connectivity index is 2.44.